The summed E-state index contributed by atoms with van der Waals surface area (Å²) < 4.78 is 51.4. The Bertz CT molecular complexity index is 331. The molecule has 7 heteroatoms. The molecule has 2 aliphatic heterocycles. The molecule has 0 aromatic rings. The van der Waals surface area contributed by atoms with E-state index >= 15 is 0 Å². The first-order valence-electron chi connectivity index (χ1n) is 6.79. The lowest BCUT2D eigenvalue weighted by molar-refractivity contribution is -0.179. The van der Waals surface area contributed by atoms with Crippen LogP contribution in [0.15, 0.2) is 0 Å². The first kappa shape index (κ1) is 15.7. The quantitative estimate of drug-likeness (QED) is 0.797. The number of halogens is 3. The van der Waals surface area contributed by atoms with E-state index in [1.54, 1.807) is 0 Å². The van der Waals surface area contributed by atoms with Crippen molar-refractivity contribution in [1.82, 2.24) is 0 Å². The van der Waals surface area contributed by atoms with Gasteiger partial charge in [0.15, 0.2) is 5.78 Å². The maximum absolute atomic E-state index is 12.0. The maximum Gasteiger partial charge on any atom is 0.411 e. The molecule has 20 heavy (non-hydrogen) atoms. The third-order valence-electron chi connectivity index (χ3n) is 3.86. The second-order valence-corrected chi connectivity index (χ2v) is 5.41. The number of Topliss-reactive ketones (excluding diaryl/α,β-unsaturated/α-hetero) is 1. The van der Waals surface area contributed by atoms with Crippen LogP contribution < -0.4 is 0 Å². The number of alkyl halides is 3. The van der Waals surface area contributed by atoms with E-state index in [1.807, 2.05) is 0 Å². The molecule has 116 valence electrons. The number of hydrogen-bond acceptors (Lipinski definition) is 4. The Hall–Kier alpha value is -0.660. The first-order chi connectivity index (χ1) is 9.40. The van der Waals surface area contributed by atoms with Crippen molar-refractivity contribution < 1.29 is 32.2 Å². The summed E-state index contributed by atoms with van der Waals surface area (Å²) in [5.41, 5.74) is -0.332. The van der Waals surface area contributed by atoms with Crippen LogP contribution in [-0.4, -0.2) is 50.6 Å². The van der Waals surface area contributed by atoms with E-state index in [-0.39, 0.29) is 17.3 Å². The van der Waals surface area contributed by atoms with Crippen molar-refractivity contribution in [2.75, 3.05) is 33.0 Å². The highest BCUT2D eigenvalue weighted by atomic mass is 19.4. The number of ether oxygens (including phenoxy) is 3. The van der Waals surface area contributed by atoms with E-state index in [0.717, 1.165) is 12.8 Å². The van der Waals surface area contributed by atoms with Gasteiger partial charge >= 0.3 is 6.18 Å². The summed E-state index contributed by atoms with van der Waals surface area (Å²) in [4.78, 5) is 11.9. The largest absolute Gasteiger partial charge is 0.411 e. The fourth-order valence-electron chi connectivity index (χ4n) is 2.78. The molecule has 2 fully saturated rings. The van der Waals surface area contributed by atoms with Gasteiger partial charge in [0.1, 0.15) is 13.2 Å². The standard InChI is InChI=1S/C13H19F3O4/c14-13(15,16)9-19-8-11(17)10-1-4-20-12(7-10)2-5-18-6-3-12/h10H,1-9H2. The van der Waals surface area contributed by atoms with Gasteiger partial charge in [-0.2, -0.15) is 13.2 Å². The molecule has 0 bridgehead atoms. The predicted octanol–water partition coefficient (Wildman–Crippen LogP) is 2.11. The lowest BCUT2D eigenvalue weighted by Gasteiger charge is -2.42. The topological polar surface area (TPSA) is 44.8 Å². The molecule has 2 saturated heterocycles. The van der Waals surface area contributed by atoms with E-state index in [9.17, 15) is 18.0 Å². The van der Waals surface area contributed by atoms with Crippen molar-refractivity contribution in [3.63, 3.8) is 0 Å². The highest BCUT2D eigenvalue weighted by Crippen LogP contribution is 2.37. The monoisotopic (exact) mass is 296 g/mol. The van der Waals surface area contributed by atoms with Gasteiger partial charge in [0.05, 0.1) is 5.60 Å². The predicted molar refractivity (Wildman–Crippen MR) is 63.3 cm³/mol. The van der Waals surface area contributed by atoms with Gasteiger partial charge in [-0.1, -0.05) is 0 Å². The van der Waals surface area contributed by atoms with Crippen LogP contribution in [0.5, 0.6) is 0 Å². The van der Waals surface area contributed by atoms with Crippen LogP contribution in [0, 0.1) is 5.92 Å². The molecule has 0 N–H and O–H groups in total. The molecule has 0 saturated carbocycles. The molecule has 0 aromatic heterocycles. The Morgan fingerprint density at radius 1 is 1.25 bits per heavy atom. The van der Waals surface area contributed by atoms with Crippen LogP contribution in [0.4, 0.5) is 13.2 Å². The number of ketones is 1. The summed E-state index contributed by atoms with van der Waals surface area (Å²) in [5.74, 6) is -0.529. The minimum Gasteiger partial charge on any atom is -0.381 e. The van der Waals surface area contributed by atoms with E-state index in [0.29, 0.717) is 32.7 Å². The SMILES string of the molecule is O=C(COCC(F)(F)F)C1CCOC2(CCOCC2)C1. The molecular formula is C13H19F3O4. The third kappa shape index (κ3) is 4.43. The fraction of sp³-hybridized carbons (Fsp3) is 0.923. The Kier molecular flexibility index (Phi) is 5.04. The summed E-state index contributed by atoms with van der Waals surface area (Å²) in [6, 6.07) is 0. The normalized spacial score (nSPS) is 26.6. The first-order valence-corrected chi connectivity index (χ1v) is 6.79. The number of rotatable bonds is 4. The molecule has 0 radical (unpaired) electrons. The van der Waals surface area contributed by atoms with Crippen LogP contribution in [0.3, 0.4) is 0 Å². The van der Waals surface area contributed by atoms with E-state index in [2.05, 4.69) is 4.74 Å². The Balaban J connectivity index is 1.81. The van der Waals surface area contributed by atoms with Crippen LogP contribution in [0.1, 0.15) is 25.7 Å². The molecule has 0 amide bonds. The van der Waals surface area contributed by atoms with Gasteiger partial charge in [-0.25, -0.2) is 0 Å². The van der Waals surface area contributed by atoms with Gasteiger partial charge < -0.3 is 14.2 Å². The summed E-state index contributed by atoms with van der Waals surface area (Å²) in [6.07, 6.45) is -1.81. The van der Waals surface area contributed by atoms with Crippen molar-refractivity contribution in [3.05, 3.63) is 0 Å². The van der Waals surface area contributed by atoms with E-state index in [1.165, 1.54) is 0 Å². The second-order valence-electron chi connectivity index (χ2n) is 5.41. The molecule has 1 spiro atoms. The highest BCUT2D eigenvalue weighted by Gasteiger charge is 2.41. The number of carbonyl (C=O) groups is 1. The Labute approximate surface area is 115 Å². The van der Waals surface area contributed by atoms with E-state index in [4.69, 9.17) is 9.47 Å². The van der Waals surface area contributed by atoms with Crippen LogP contribution in [0.25, 0.3) is 0 Å². The van der Waals surface area contributed by atoms with Crippen LogP contribution >= 0.6 is 0 Å². The van der Waals surface area contributed by atoms with Gasteiger partial charge in [0.25, 0.3) is 0 Å². The number of hydrogen-bond donors (Lipinski definition) is 0. The van der Waals surface area contributed by atoms with Crippen LogP contribution in [-0.2, 0) is 19.0 Å². The molecular weight excluding hydrogens is 277 g/mol. The smallest absolute Gasteiger partial charge is 0.381 e. The van der Waals surface area contributed by atoms with Gasteiger partial charge in [-0.3, -0.25) is 4.79 Å². The molecule has 1 unspecified atom stereocenters. The zero-order valence-corrected chi connectivity index (χ0v) is 11.2. The van der Waals surface area contributed by atoms with Crippen LogP contribution in [0.2, 0.25) is 0 Å². The van der Waals surface area contributed by atoms with Crippen molar-refractivity contribution in [2.24, 2.45) is 5.92 Å². The third-order valence-corrected chi connectivity index (χ3v) is 3.86. The molecule has 2 heterocycles. The minimum atomic E-state index is -4.39. The molecule has 4 nitrogen and oxygen atoms in total. The summed E-state index contributed by atoms with van der Waals surface area (Å²) in [6.45, 7) is -0.176. The summed E-state index contributed by atoms with van der Waals surface area (Å²) in [7, 11) is 0. The average Bonchev–Trinajstić information content (AvgIpc) is 2.38. The number of carbonyl (C=O) groups excluding carboxylic acids is 1. The summed E-state index contributed by atoms with van der Waals surface area (Å²) in [5, 5.41) is 0. The van der Waals surface area contributed by atoms with Gasteiger partial charge in [0, 0.05) is 25.7 Å². The van der Waals surface area contributed by atoms with Crippen molar-refractivity contribution >= 4 is 5.78 Å². The molecule has 0 aromatic carbocycles. The fourth-order valence-corrected chi connectivity index (χ4v) is 2.78. The zero-order valence-electron chi connectivity index (χ0n) is 11.2. The van der Waals surface area contributed by atoms with Crippen molar-refractivity contribution in [1.29, 1.82) is 0 Å². The molecule has 0 aliphatic carbocycles. The average molecular weight is 296 g/mol. The second kappa shape index (κ2) is 6.41. The maximum atomic E-state index is 12.0. The molecule has 1 atom stereocenters. The van der Waals surface area contributed by atoms with Crippen molar-refractivity contribution in [3.8, 4) is 0 Å². The highest BCUT2D eigenvalue weighted by molar-refractivity contribution is 5.82. The Morgan fingerprint density at radius 3 is 2.60 bits per heavy atom. The van der Waals surface area contributed by atoms with Gasteiger partial charge in [-0.05, 0) is 25.7 Å². The zero-order chi connectivity index (χ0) is 14.6. The minimum absolute atomic E-state index is 0.261. The molecule has 2 aliphatic rings. The summed E-state index contributed by atoms with van der Waals surface area (Å²) >= 11 is 0. The lowest BCUT2D eigenvalue weighted by atomic mass is 9.79. The molecule has 2 rings (SSSR count). The van der Waals surface area contributed by atoms with Crippen molar-refractivity contribution in [2.45, 2.75) is 37.5 Å². The lowest BCUT2D eigenvalue weighted by Crippen LogP contribution is -2.46. The Morgan fingerprint density at radius 2 is 1.95 bits per heavy atom. The van der Waals surface area contributed by atoms with Gasteiger partial charge in [0.2, 0.25) is 0 Å². The van der Waals surface area contributed by atoms with Gasteiger partial charge in [-0.15, -0.1) is 0 Å². The van der Waals surface area contributed by atoms with E-state index < -0.39 is 19.4 Å².